The number of halogens is 1. The number of ether oxygens (including phenoxy) is 1. The number of aryl methyl sites for hydroxylation is 1. The zero-order valence-corrected chi connectivity index (χ0v) is 10.3. The Balaban J connectivity index is 2.33. The molecule has 0 aliphatic carbocycles. The molecule has 0 atom stereocenters. The molecule has 3 nitrogen and oxygen atoms in total. The van der Waals surface area contributed by atoms with Crippen LogP contribution in [0.4, 0.5) is 0 Å². The molecule has 0 aliphatic rings. The molecule has 0 aliphatic heterocycles. The van der Waals surface area contributed by atoms with Crippen molar-refractivity contribution in [1.29, 1.82) is 0 Å². The second-order valence-corrected chi connectivity index (χ2v) is 3.88. The molecule has 0 bridgehead atoms. The summed E-state index contributed by atoms with van der Waals surface area (Å²) in [7, 11) is 1.71. The number of benzene rings is 1. The molecule has 88 valence electrons. The van der Waals surface area contributed by atoms with Crippen molar-refractivity contribution in [2.45, 2.75) is 6.92 Å². The average Bonchev–Trinajstić information content (AvgIpc) is 2.28. The van der Waals surface area contributed by atoms with E-state index in [1.54, 1.807) is 11.9 Å². The summed E-state index contributed by atoms with van der Waals surface area (Å²) in [6.07, 6.45) is 0. The second-order valence-electron chi connectivity index (χ2n) is 3.61. The van der Waals surface area contributed by atoms with Crippen molar-refractivity contribution in [2.75, 3.05) is 26.1 Å². The predicted molar refractivity (Wildman–Crippen MR) is 65.0 cm³/mol. The molecule has 1 rings (SSSR count). The van der Waals surface area contributed by atoms with Crippen LogP contribution in [0.3, 0.4) is 0 Å². The molecule has 1 amide bonds. The Hall–Kier alpha value is -1.22. The van der Waals surface area contributed by atoms with E-state index in [-0.39, 0.29) is 11.8 Å². The number of hydrogen-bond donors (Lipinski definition) is 0. The minimum absolute atomic E-state index is 0.0148. The third-order valence-electron chi connectivity index (χ3n) is 2.23. The number of carbonyl (C=O) groups is 1. The van der Waals surface area contributed by atoms with Crippen LogP contribution in [-0.4, -0.2) is 36.9 Å². The van der Waals surface area contributed by atoms with Gasteiger partial charge in [0.1, 0.15) is 18.2 Å². The number of likely N-dealkylation sites (N-methyl/N-ethyl adjacent to an activating group) is 1. The fourth-order valence-corrected chi connectivity index (χ4v) is 1.44. The van der Waals surface area contributed by atoms with E-state index >= 15 is 0 Å². The first-order chi connectivity index (χ1) is 7.63. The van der Waals surface area contributed by atoms with E-state index in [9.17, 15) is 4.79 Å². The zero-order valence-electron chi connectivity index (χ0n) is 9.57. The fraction of sp³-hybridized carbons (Fsp3) is 0.417. The molecule has 0 N–H and O–H groups in total. The third-order valence-corrected chi connectivity index (χ3v) is 2.45. The number of hydrogen-bond acceptors (Lipinski definition) is 2. The van der Waals surface area contributed by atoms with Gasteiger partial charge in [0.05, 0.1) is 6.54 Å². The van der Waals surface area contributed by atoms with E-state index in [1.165, 1.54) is 0 Å². The normalized spacial score (nSPS) is 9.94. The Morgan fingerprint density at radius 2 is 2.25 bits per heavy atom. The first-order valence-electron chi connectivity index (χ1n) is 5.13. The molecule has 1 aromatic carbocycles. The number of carbonyl (C=O) groups excluding carboxylic acids is 1. The summed E-state index contributed by atoms with van der Waals surface area (Å²) in [4.78, 5) is 12.7. The van der Waals surface area contributed by atoms with E-state index in [0.29, 0.717) is 13.2 Å². The standard InChI is InChI=1S/C12H16ClNO2/c1-10-4-3-5-11(8-10)16-7-6-14(2)12(15)9-13/h3-5,8H,6-7,9H2,1-2H3. The predicted octanol–water partition coefficient (Wildman–Crippen LogP) is 2.07. The van der Waals surface area contributed by atoms with E-state index in [1.807, 2.05) is 31.2 Å². The molecule has 16 heavy (non-hydrogen) atoms. The summed E-state index contributed by atoms with van der Waals surface area (Å²) in [5.41, 5.74) is 1.16. The largest absolute Gasteiger partial charge is 0.492 e. The highest BCUT2D eigenvalue weighted by molar-refractivity contribution is 6.27. The van der Waals surface area contributed by atoms with Crippen molar-refractivity contribution in [3.63, 3.8) is 0 Å². The minimum atomic E-state index is -0.0884. The van der Waals surface area contributed by atoms with Gasteiger partial charge in [-0.3, -0.25) is 4.79 Å². The van der Waals surface area contributed by atoms with Crippen LogP contribution in [0.2, 0.25) is 0 Å². The molecule has 0 unspecified atom stereocenters. The van der Waals surface area contributed by atoms with E-state index in [2.05, 4.69) is 0 Å². The van der Waals surface area contributed by atoms with Crippen molar-refractivity contribution in [3.8, 4) is 5.75 Å². The Morgan fingerprint density at radius 3 is 2.88 bits per heavy atom. The van der Waals surface area contributed by atoms with Gasteiger partial charge < -0.3 is 9.64 Å². The minimum Gasteiger partial charge on any atom is -0.492 e. The molecule has 0 heterocycles. The summed E-state index contributed by atoms with van der Waals surface area (Å²) >= 11 is 5.43. The van der Waals surface area contributed by atoms with Crippen LogP contribution in [0.1, 0.15) is 5.56 Å². The van der Waals surface area contributed by atoms with Crippen LogP contribution in [0.25, 0.3) is 0 Å². The number of nitrogens with zero attached hydrogens (tertiary/aromatic N) is 1. The SMILES string of the molecule is Cc1cccc(OCCN(C)C(=O)CCl)c1. The molecule has 0 saturated carbocycles. The molecule has 0 radical (unpaired) electrons. The molecule has 4 heteroatoms. The smallest absolute Gasteiger partial charge is 0.237 e. The zero-order chi connectivity index (χ0) is 12.0. The van der Waals surface area contributed by atoms with E-state index < -0.39 is 0 Å². The van der Waals surface area contributed by atoms with Crippen LogP contribution in [-0.2, 0) is 4.79 Å². The van der Waals surface area contributed by atoms with Crippen molar-refractivity contribution in [3.05, 3.63) is 29.8 Å². The van der Waals surface area contributed by atoms with Crippen LogP contribution in [0, 0.1) is 6.92 Å². The van der Waals surface area contributed by atoms with Gasteiger partial charge in [-0.05, 0) is 24.6 Å². The highest BCUT2D eigenvalue weighted by Crippen LogP contribution is 2.11. The Kier molecular flexibility index (Phi) is 5.12. The first kappa shape index (κ1) is 12.8. The van der Waals surface area contributed by atoms with Gasteiger partial charge in [0.15, 0.2) is 0 Å². The van der Waals surface area contributed by atoms with Gasteiger partial charge in [0, 0.05) is 7.05 Å². The lowest BCUT2D eigenvalue weighted by molar-refractivity contribution is -0.127. The molecule has 0 fully saturated rings. The van der Waals surface area contributed by atoms with Gasteiger partial charge >= 0.3 is 0 Å². The highest BCUT2D eigenvalue weighted by Gasteiger charge is 2.06. The first-order valence-corrected chi connectivity index (χ1v) is 5.66. The summed E-state index contributed by atoms with van der Waals surface area (Å²) in [5, 5.41) is 0. The summed E-state index contributed by atoms with van der Waals surface area (Å²) in [5.74, 6) is 0.752. The van der Waals surface area contributed by atoms with Gasteiger partial charge in [-0.2, -0.15) is 0 Å². The van der Waals surface area contributed by atoms with Crippen molar-refractivity contribution in [1.82, 2.24) is 4.90 Å². The fourth-order valence-electron chi connectivity index (χ4n) is 1.23. The Morgan fingerprint density at radius 1 is 1.50 bits per heavy atom. The lowest BCUT2D eigenvalue weighted by atomic mass is 10.2. The van der Waals surface area contributed by atoms with Crippen molar-refractivity contribution >= 4 is 17.5 Å². The monoisotopic (exact) mass is 241 g/mol. The maximum atomic E-state index is 11.1. The third kappa shape index (κ3) is 4.11. The highest BCUT2D eigenvalue weighted by atomic mass is 35.5. The van der Waals surface area contributed by atoms with Crippen LogP contribution < -0.4 is 4.74 Å². The molecular formula is C12H16ClNO2. The maximum Gasteiger partial charge on any atom is 0.237 e. The lowest BCUT2D eigenvalue weighted by Crippen LogP contribution is -2.31. The van der Waals surface area contributed by atoms with Crippen LogP contribution in [0.15, 0.2) is 24.3 Å². The van der Waals surface area contributed by atoms with E-state index in [4.69, 9.17) is 16.3 Å². The van der Waals surface area contributed by atoms with Crippen molar-refractivity contribution < 1.29 is 9.53 Å². The lowest BCUT2D eigenvalue weighted by Gasteiger charge is -2.16. The average molecular weight is 242 g/mol. The van der Waals surface area contributed by atoms with Gasteiger partial charge in [0.2, 0.25) is 5.91 Å². The van der Waals surface area contributed by atoms with E-state index in [0.717, 1.165) is 11.3 Å². The molecule has 0 aromatic heterocycles. The molecule has 1 aromatic rings. The van der Waals surface area contributed by atoms with Crippen molar-refractivity contribution in [2.24, 2.45) is 0 Å². The van der Waals surface area contributed by atoms with Crippen LogP contribution >= 0.6 is 11.6 Å². The van der Waals surface area contributed by atoms with Gasteiger partial charge in [-0.15, -0.1) is 11.6 Å². The summed E-state index contributed by atoms with van der Waals surface area (Å²) < 4.78 is 5.52. The molecule has 0 spiro atoms. The van der Waals surface area contributed by atoms with Gasteiger partial charge in [0.25, 0.3) is 0 Å². The maximum absolute atomic E-state index is 11.1. The molecular weight excluding hydrogens is 226 g/mol. The summed E-state index contributed by atoms with van der Waals surface area (Å²) in [6.45, 7) is 3.03. The Bertz CT molecular complexity index is 355. The number of rotatable bonds is 5. The van der Waals surface area contributed by atoms with Crippen LogP contribution in [0.5, 0.6) is 5.75 Å². The Labute approximate surface area is 101 Å². The second kappa shape index (κ2) is 6.38. The summed E-state index contributed by atoms with van der Waals surface area (Å²) in [6, 6.07) is 7.81. The van der Waals surface area contributed by atoms with Gasteiger partial charge in [-0.25, -0.2) is 0 Å². The quantitative estimate of drug-likeness (QED) is 0.739. The topological polar surface area (TPSA) is 29.5 Å². The molecule has 0 saturated heterocycles. The van der Waals surface area contributed by atoms with Gasteiger partial charge in [-0.1, -0.05) is 12.1 Å². The number of amides is 1. The number of alkyl halides is 1.